The summed E-state index contributed by atoms with van der Waals surface area (Å²) in [6.07, 6.45) is 5.09. The number of rotatable bonds is 2. The minimum atomic E-state index is -0.886. The molecule has 0 saturated carbocycles. The highest BCUT2D eigenvalue weighted by Gasteiger charge is 2.10. The summed E-state index contributed by atoms with van der Waals surface area (Å²) in [7, 11) is 0. The van der Waals surface area contributed by atoms with Gasteiger partial charge in [-0.05, 0) is 18.6 Å². The number of carbonyl (C=O) groups is 1. The molecule has 0 radical (unpaired) electrons. The zero-order valence-corrected chi connectivity index (χ0v) is 6.82. The summed E-state index contributed by atoms with van der Waals surface area (Å²) in [6.45, 7) is 0. The van der Waals surface area contributed by atoms with Gasteiger partial charge in [-0.1, -0.05) is 11.3 Å². The van der Waals surface area contributed by atoms with Gasteiger partial charge >= 0.3 is 5.43 Å². The van der Waals surface area contributed by atoms with Gasteiger partial charge in [0, 0.05) is 11.6 Å². The molecule has 0 amide bonds. The van der Waals surface area contributed by atoms with E-state index in [2.05, 4.69) is 9.91 Å². The molecule has 12 heavy (non-hydrogen) atoms. The fourth-order valence-electron chi connectivity index (χ4n) is 0.836. The van der Waals surface area contributed by atoms with Crippen LogP contribution < -0.4 is 0 Å². The third-order valence-electron chi connectivity index (χ3n) is 1.38. The second kappa shape index (κ2) is 4.01. The second-order valence-electron chi connectivity index (χ2n) is 2.21. The molecular formula is C7H6ClNO3. The van der Waals surface area contributed by atoms with E-state index < -0.39 is 5.43 Å². The highest BCUT2D eigenvalue weighted by molar-refractivity contribution is 6.61. The van der Waals surface area contributed by atoms with Crippen molar-refractivity contribution in [3.63, 3.8) is 0 Å². The van der Waals surface area contributed by atoms with Gasteiger partial charge in [-0.3, -0.25) is 0 Å². The lowest BCUT2D eigenvalue weighted by atomic mass is 10.1. The molecule has 0 fully saturated rings. The van der Waals surface area contributed by atoms with Crippen LogP contribution in [0, 0.1) is 4.91 Å². The third kappa shape index (κ3) is 2.47. The predicted molar refractivity (Wildman–Crippen MR) is 43.8 cm³/mol. The average Bonchev–Trinajstić information content (AvgIpc) is 2.05. The van der Waals surface area contributed by atoms with E-state index in [0.29, 0.717) is 12.2 Å². The Morgan fingerprint density at radius 1 is 1.75 bits per heavy atom. The standard InChI is InChI=1S/C7H6ClNO3/c8-7(10)12-6-3-1-5(9-11)2-4-6/h1,3-5H,2H2. The largest absolute Gasteiger partial charge is 0.415 e. The summed E-state index contributed by atoms with van der Waals surface area (Å²) in [5, 5.41) is 2.81. The van der Waals surface area contributed by atoms with E-state index in [0.717, 1.165) is 0 Å². The Balaban J connectivity index is 2.52. The van der Waals surface area contributed by atoms with E-state index in [1.54, 1.807) is 12.2 Å². The predicted octanol–water partition coefficient (Wildman–Crippen LogP) is 2.34. The van der Waals surface area contributed by atoms with Crippen LogP contribution in [-0.4, -0.2) is 11.5 Å². The molecule has 0 aromatic carbocycles. The van der Waals surface area contributed by atoms with E-state index >= 15 is 0 Å². The average molecular weight is 188 g/mol. The molecule has 0 aromatic rings. The molecule has 0 bridgehead atoms. The third-order valence-corrected chi connectivity index (χ3v) is 1.45. The number of hydrogen-bond acceptors (Lipinski definition) is 4. The van der Waals surface area contributed by atoms with Crippen LogP contribution in [0.2, 0.25) is 0 Å². The number of allylic oxidation sites excluding steroid dienone is 1. The Kier molecular flexibility index (Phi) is 2.99. The molecule has 0 aliphatic heterocycles. The summed E-state index contributed by atoms with van der Waals surface area (Å²) in [4.78, 5) is 20.3. The first kappa shape index (κ1) is 8.93. The monoisotopic (exact) mass is 187 g/mol. The second-order valence-corrected chi connectivity index (χ2v) is 2.52. The zero-order valence-electron chi connectivity index (χ0n) is 6.07. The van der Waals surface area contributed by atoms with Crippen molar-refractivity contribution in [1.82, 2.24) is 0 Å². The molecule has 4 nitrogen and oxygen atoms in total. The highest BCUT2D eigenvalue weighted by Crippen LogP contribution is 2.14. The maximum absolute atomic E-state index is 10.2. The van der Waals surface area contributed by atoms with E-state index in [9.17, 15) is 9.70 Å². The van der Waals surface area contributed by atoms with Gasteiger partial charge in [0.15, 0.2) is 0 Å². The Labute approximate surface area is 73.8 Å². The van der Waals surface area contributed by atoms with Crippen molar-refractivity contribution in [2.24, 2.45) is 5.18 Å². The maximum Gasteiger partial charge on any atom is 0.409 e. The Hall–Kier alpha value is -1.16. The fraction of sp³-hybridized carbons (Fsp3) is 0.286. The highest BCUT2D eigenvalue weighted by atomic mass is 35.5. The Bertz CT molecular complexity index is 259. The molecule has 1 aliphatic carbocycles. The number of hydrogen-bond donors (Lipinski definition) is 0. The molecule has 0 spiro atoms. The molecule has 5 heteroatoms. The lowest BCUT2D eigenvalue weighted by Crippen LogP contribution is -2.04. The lowest BCUT2D eigenvalue weighted by Gasteiger charge is -2.07. The van der Waals surface area contributed by atoms with E-state index in [4.69, 9.17) is 11.6 Å². The SMILES string of the molecule is O=NC1C=CC(OC(=O)Cl)=CC1. The molecule has 1 aliphatic rings. The van der Waals surface area contributed by atoms with Crippen molar-refractivity contribution >= 4 is 17.0 Å². The van der Waals surface area contributed by atoms with Crippen LogP contribution in [0.5, 0.6) is 0 Å². The summed E-state index contributed by atoms with van der Waals surface area (Å²) >= 11 is 4.96. The molecule has 1 unspecified atom stereocenters. The number of carbonyl (C=O) groups excluding carboxylic acids is 1. The van der Waals surface area contributed by atoms with Gasteiger partial charge < -0.3 is 4.74 Å². The van der Waals surface area contributed by atoms with Gasteiger partial charge in [0.05, 0.1) is 0 Å². The van der Waals surface area contributed by atoms with Gasteiger partial charge in [0.1, 0.15) is 11.8 Å². The first-order chi connectivity index (χ1) is 5.72. The van der Waals surface area contributed by atoms with E-state index in [-0.39, 0.29) is 6.04 Å². The smallest absolute Gasteiger partial charge is 0.409 e. The molecule has 0 heterocycles. The van der Waals surface area contributed by atoms with Gasteiger partial charge in [0.2, 0.25) is 0 Å². The minimum Gasteiger partial charge on any atom is -0.415 e. The molecular weight excluding hydrogens is 182 g/mol. The first-order valence-electron chi connectivity index (χ1n) is 3.30. The van der Waals surface area contributed by atoms with Crippen molar-refractivity contribution in [3.05, 3.63) is 28.9 Å². The van der Waals surface area contributed by atoms with Crippen LogP contribution in [0.4, 0.5) is 4.79 Å². The number of nitroso groups, excluding NO2 is 1. The molecule has 0 saturated heterocycles. The fourth-order valence-corrected chi connectivity index (χ4v) is 0.925. The van der Waals surface area contributed by atoms with Gasteiger partial charge in [-0.25, -0.2) is 4.79 Å². The van der Waals surface area contributed by atoms with Gasteiger partial charge in [0.25, 0.3) is 0 Å². The summed E-state index contributed by atoms with van der Waals surface area (Å²) in [6, 6.07) is -0.359. The van der Waals surface area contributed by atoms with Crippen LogP contribution in [-0.2, 0) is 4.74 Å². The number of nitrogens with zero attached hydrogens (tertiary/aromatic N) is 1. The van der Waals surface area contributed by atoms with Crippen LogP contribution in [0.15, 0.2) is 29.2 Å². The van der Waals surface area contributed by atoms with Crippen LogP contribution in [0.25, 0.3) is 0 Å². The van der Waals surface area contributed by atoms with Gasteiger partial charge in [-0.2, -0.15) is 4.91 Å². The van der Waals surface area contributed by atoms with Crippen molar-refractivity contribution < 1.29 is 9.53 Å². The minimum absolute atomic E-state index is 0.356. The summed E-state index contributed by atoms with van der Waals surface area (Å²) in [5.74, 6) is 0.356. The first-order valence-corrected chi connectivity index (χ1v) is 3.68. The van der Waals surface area contributed by atoms with Crippen molar-refractivity contribution in [3.8, 4) is 0 Å². The van der Waals surface area contributed by atoms with Crippen molar-refractivity contribution in [2.75, 3.05) is 0 Å². The molecule has 0 N–H and O–H groups in total. The molecule has 1 atom stereocenters. The van der Waals surface area contributed by atoms with Crippen LogP contribution >= 0.6 is 11.6 Å². The van der Waals surface area contributed by atoms with Crippen molar-refractivity contribution in [1.29, 1.82) is 0 Å². The normalized spacial score (nSPS) is 21.4. The lowest BCUT2D eigenvalue weighted by molar-refractivity contribution is 0.205. The quantitative estimate of drug-likeness (QED) is 0.493. The number of halogens is 1. The maximum atomic E-state index is 10.2. The van der Waals surface area contributed by atoms with Gasteiger partial charge in [-0.15, -0.1) is 0 Å². The zero-order chi connectivity index (χ0) is 8.97. The molecule has 1 rings (SSSR count). The molecule has 0 aromatic heterocycles. The van der Waals surface area contributed by atoms with Crippen LogP contribution in [0.1, 0.15) is 6.42 Å². The van der Waals surface area contributed by atoms with E-state index in [1.165, 1.54) is 6.08 Å². The number of ether oxygens (including phenoxy) is 1. The summed E-state index contributed by atoms with van der Waals surface area (Å²) in [5.41, 5.74) is -0.886. The van der Waals surface area contributed by atoms with Crippen molar-refractivity contribution in [2.45, 2.75) is 12.5 Å². The Morgan fingerprint density at radius 3 is 2.92 bits per heavy atom. The van der Waals surface area contributed by atoms with E-state index in [1.807, 2.05) is 0 Å². The summed E-state index contributed by atoms with van der Waals surface area (Å²) < 4.78 is 4.54. The topological polar surface area (TPSA) is 55.7 Å². The Morgan fingerprint density at radius 2 is 2.50 bits per heavy atom. The van der Waals surface area contributed by atoms with Crippen LogP contribution in [0.3, 0.4) is 0 Å². The molecule has 64 valence electrons.